The maximum atomic E-state index is 5.59. The molecule has 0 aliphatic heterocycles. The molecule has 1 N–H and O–H groups in total. The summed E-state index contributed by atoms with van der Waals surface area (Å²) >= 11 is 0. The lowest BCUT2D eigenvalue weighted by atomic mass is 10.1. The van der Waals surface area contributed by atoms with Crippen LogP contribution in [0.25, 0.3) is 11.5 Å². The van der Waals surface area contributed by atoms with Crippen LogP contribution in [-0.2, 0) is 6.54 Å². The van der Waals surface area contributed by atoms with E-state index in [9.17, 15) is 0 Å². The first-order valence-electron chi connectivity index (χ1n) is 8.65. The molecule has 0 fully saturated rings. The van der Waals surface area contributed by atoms with Crippen molar-refractivity contribution >= 4 is 29.9 Å². The monoisotopic (exact) mass is 456 g/mol. The molecule has 0 bridgehead atoms. The number of nitrogens with zero attached hydrogens (tertiary/aromatic N) is 3. The second-order valence-corrected chi connectivity index (χ2v) is 5.96. The number of hydrogen-bond acceptors (Lipinski definition) is 3. The van der Waals surface area contributed by atoms with E-state index >= 15 is 0 Å². The van der Waals surface area contributed by atoms with Crippen LogP contribution in [0.1, 0.15) is 37.9 Å². The fraction of sp³-hybridized carbons (Fsp3) is 0.474. The number of unbranched alkanes of at least 4 members (excludes halogenated alkanes) is 1. The lowest BCUT2D eigenvalue weighted by molar-refractivity contribution is 0.464. The Morgan fingerprint density at radius 3 is 2.60 bits per heavy atom. The SMILES string of the molecule is CCCCN(C)C(=NCc1coc(-c2ccc(C)cc2)n1)NCC.I. The van der Waals surface area contributed by atoms with E-state index in [0.29, 0.717) is 12.4 Å². The molecule has 1 aromatic heterocycles. The zero-order chi connectivity index (χ0) is 17.4. The molecule has 0 aliphatic rings. The third kappa shape index (κ3) is 6.68. The number of halogens is 1. The van der Waals surface area contributed by atoms with Crippen LogP contribution in [0.15, 0.2) is 39.9 Å². The smallest absolute Gasteiger partial charge is 0.226 e. The van der Waals surface area contributed by atoms with Gasteiger partial charge in [-0.25, -0.2) is 9.98 Å². The largest absolute Gasteiger partial charge is 0.444 e. The number of nitrogens with one attached hydrogen (secondary N) is 1. The van der Waals surface area contributed by atoms with Gasteiger partial charge in [-0.3, -0.25) is 0 Å². The van der Waals surface area contributed by atoms with E-state index in [1.165, 1.54) is 12.0 Å². The Balaban J connectivity index is 0.00000312. The summed E-state index contributed by atoms with van der Waals surface area (Å²) in [6.45, 7) is 8.69. The number of rotatable bonds is 7. The number of oxazole rings is 1. The second-order valence-electron chi connectivity index (χ2n) is 5.96. The average molecular weight is 456 g/mol. The molecule has 6 heteroatoms. The topological polar surface area (TPSA) is 53.7 Å². The molecule has 0 spiro atoms. The first-order chi connectivity index (χ1) is 11.6. The van der Waals surface area contributed by atoms with Gasteiger partial charge in [-0.1, -0.05) is 31.0 Å². The van der Waals surface area contributed by atoms with Crippen LogP contribution in [0, 0.1) is 6.92 Å². The van der Waals surface area contributed by atoms with Gasteiger partial charge in [0.1, 0.15) is 12.0 Å². The molecule has 0 saturated heterocycles. The van der Waals surface area contributed by atoms with Crippen LogP contribution >= 0.6 is 24.0 Å². The minimum atomic E-state index is 0. The van der Waals surface area contributed by atoms with Gasteiger partial charge in [0.15, 0.2) is 5.96 Å². The van der Waals surface area contributed by atoms with E-state index in [1.54, 1.807) is 6.26 Å². The highest BCUT2D eigenvalue weighted by molar-refractivity contribution is 14.0. The normalized spacial score (nSPS) is 11.1. The van der Waals surface area contributed by atoms with E-state index in [-0.39, 0.29) is 24.0 Å². The summed E-state index contributed by atoms with van der Waals surface area (Å²) in [5, 5.41) is 3.32. The quantitative estimate of drug-likeness (QED) is 0.380. The summed E-state index contributed by atoms with van der Waals surface area (Å²) in [5.41, 5.74) is 3.05. The van der Waals surface area contributed by atoms with Crippen LogP contribution in [0.2, 0.25) is 0 Å². The van der Waals surface area contributed by atoms with Crippen LogP contribution in [0.4, 0.5) is 0 Å². The standard InChI is InChI=1S/C19H28N4O.HI/c1-5-7-12-23(4)19(20-6-2)21-13-17-14-24-18(22-17)16-10-8-15(3)9-11-16;/h8-11,14H,5-7,12-13H2,1-4H3,(H,20,21);1H. The van der Waals surface area contributed by atoms with Gasteiger partial charge < -0.3 is 14.6 Å². The van der Waals surface area contributed by atoms with Crippen LogP contribution in [0.3, 0.4) is 0 Å². The van der Waals surface area contributed by atoms with Crippen molar-refractivity contribution in [1.82, 2.24) is 15.2 Å². The lowest BCUT2D eigenvalue weighted by Gasteiger charge is -2.21. The molecule has 1 heterocycles. The van der Waals surface area contributed by atoms with E-state index < -0.39 is 0 Å². The number of hydrogen-bond donors (Lipinski definition) is 1. The van der Waals surface area contributed by atoms with Gasteiger partial charge in [0.2, 0.25) is 5.89 Å². The van der Waals surface area contributed by atoms with Gasteiger partial charge in [-0.2, -0.15) is 0 Å². The van der Waals surface area contributed by atoms with Gasteiger partial charge >= 0.3 is 0 Å². The van der Waals surface area contributed by atoms with E-state index in [0.717, 1.165) is 36.7 Å². The third-order valence-corrected chi connectivity index (χ3v) is 3.78. The Morgan fingerprint density at radius 2 is 1.96 bits per heavy atom. The van der Waals surface area contributed by atoms with Crippen molar-refractivity contribution in [3.8, 4) is 11.5 Å². The fourth-order valence-corrected chi connectivity index (χ4v) is 2.34. The van der Waals surface area contributed by atoms with Gasteiger partial charge in [-0.15, -0.1) is 24.0 Å². The minimum absolute atomic E-state index is 0. The number of benzene rings is 1. The van der Waals surface area contributed by atoms with Crippen molar-refractivity contribution < 1.29 is 4.42 Å². The molecule has 1 aromatic carbocycles. The molecule has 2 rings (SSSR count). The predicted molar refractivity (Wildman–Crippen MR) is 114 cm³/mol. The summed E-state index contributed by atoms with van der Waals surface area (Å²) in [6.07, 6.45) is 4.02. The molecule has 0 saturated carbocycles. The van der Waals surface area contributed by atoms with E-state index in [4.69, 9.17) is 4.42 Å². The molecule has 25 heavy (non-hydrogen) atoms. The molecule has 5 nitrogen and oxygen atoms in total. The highest BCUT2D eigenvalue weighted by Gasteiger charge is 2.08. The number of aromatic nitrogens is 1. The van der Waals surface area contributed by atoms with Gasteiger partial charge in [-0.05, 0) is 32.4 Å². The van der Waals surface area contributed by atoms with E-state index in [1.807, 2.05) is 12.1 Å². The van der Waals surface area contributed by atoms with Crippen molar-refractivity contribution in [2.75, 3.05) is 20.1 Å². The Morgan fingerprint density at radius 1 is 1.24 bits per heavy atom. The van der Waals surface area contributed by atoms with Crippen LogP contribution < -0.4 is 5.32 Å². The molecular formula is C19H29IN4O. The Kier molecular flexibility index (Phi) is 9.55. The van der Waals surface area contributed by atoms with Crippen molar-refractivity contribution in [2.24, 2.45) is 4.99 Å². The highest BCUT2D eigenvalue weighted by atomic mass is 127. The highest BCUT2D eigenvalue weighted by Crippen LogP contribution is 2.19. The third-order valence-electron chi connectivity index (χ3n) is 3.78. The van der Waals surface area contributed by atoms with Crippen molar-refractivity contribution in [2.45, 2.75) is 40.2 Å². The predicted octanol–water partition coefficient (Wildman–Crippen LogP) is 4.47. The number of aliphatic imine (C=N–C) groups is 1. The molecule has 0 radical (unpaired) electrons. The maximum absolute atomic E-state index is 5.59. The fourth-order valence-electron chi connectivity index (χ4n) is 2.34. The Hall–Kier alpha value is -1.57. The van der Waals surface area contributed by atoms with Crippen molar-refractivity contribution in [3.05, 3.63) is 41.8 Å². The summed E-state index contributed by atoms with van der Waals surface area (Å²) in [6, 6.07) is 8.17. The summed E-state index contributed by atoms with van der Waals surface area (Å²) in [4.78, 5) is 11.4. The van der Waals surface area contributed by atoms with Crippen molar-refractivity contribution in [3.63, 3.8) is 0 Å². The molecule has 138 valence electrons. The zero-order valence-electron chi connectivity index (χ0n) is 15.6. The molecule has 0 unspecified atom stereocenters. The molecule has 0 amide bonds. The molecular weight excluding hydrogens is 427 g/mol. The summed E-state index contributed by atoms with van der Waals surface area (Å²) < 4.78 is 5.59. The zero-order valence-corrected chi connectivity index (χ0v) is 17.9. The summed E-state index contributed by atoms with van der Waals surface area (Å²) in [5.74, 6) is 1.55. The maximum Gasteiger partial charge on any atom is 0.226 e. The Labute approximate surface area is 168 Å². The van der Waals surface area contributed by atoms with Crippen LogP contribution in [-0.4, -0.2) is 36.0 Å². The van der Waals surface area contributed by atoms with Gasteiger partial charge in [0.05, 0.1) is 6.54 Å². The molecule has 0 aliphatic carbocycles. The van der Waals surface area contributed by atoms with Gasteiger partial charge in [0.25, 0.3) is 0 Å². The summed E-state index contributed by atoms with van der Waals surface area (Å²) in [7, 11) is 2.07. The van der Waals surface area contributed by atoms with Crippen LogP contribution in [0.5, 0.6) is 0 Å². The van der Waals surface area contributed by atoms with E-state index in [2.05, 4.69) is 60.1 Å². The number of aryl methyl sites for hydroxylation is 1. The number of guanidine groups is 1. The molecule has 2 aromatic rings. The molecule has 0 atom stereocenters. The van der Waals surface area contributed by atoms with Gasteiger partial charge in [0, 0.05) is 25.7 Å². The average Bonchev–Trinajstić information content (AvgIpc) is 3.06. The first kappa shape index (κ1) is 21.5. The van der Waals surface area contributed by atoms with Crippen molar-refractivity contribution in [1.29, 1.82) is 0 Å². The Bertz CT molecular complexity index is 652. The minimum Gasteiger partial charge on any atom is -0.444 e. The second kappa shape index (κ2) is 11.1. The first-order valence-corrected chi connectivity index (χ1v) is 8.65. The lowest BCUT2D eigenvalue weighted by Crippen LogP contribution is -2.39.